The molecule has 120 valence electrons. The standard InChI is InChI=1S/C14H21N5O3/c1-9(2)12-16-5-7-19(12)6-3-4-15-11(20)8-10-13(21)18-14(22)17-10/h5,7,9-10H,3-4,6,8H2,1-2H3,(H,15,20)(H2,17,18,21,22)/t10-/m1/s1. The Morgan fingerprint density at radius 3 is 2.86 bits per heavy atom. The first kappa shape index (κ1) is 16.0. The Labute approximate surface area is 128 Å². The molecule has 0 aromatic carbocycles. The third kappa shape index (κ3) is 4.06. The second-order valence-electron chi connectivity index (χ2n) is 5.56. The van der Waals surface area contributed by atoms with Gasteiger partial charge < -0.3 is 15.2 Å². The molecule has 1 aliphatic heterocycles. The van der Waals surface area contributed by atoms with Gasteiger partial charge in [-0.05, 0) is 6.42 Å². The van der Waals surface area contributed by atoms with Crippen molar-refractivity contribution in [1.29, 1.82) is 0 Å². The number of hydrogen-bond acceptors (Lipinski definition) is 4. The second kappa shape index (κ2) is 7.06. The molecule has 2 heterocycles. The monoisotopic (exact) mass is 307 g/mol. The molecule has 3 N–H and O–H groups in total. The van der Waals surface area contributed by atoms with Crippen molar-refractivity contribution in [3.63, 3.8) is 0 Å². The Kier molecular flexibility index (Phi) is 5.13. The van der Waals surface area contributed by atoms with Gasteiger partial charge in [0, 0.05) is 31.4 Å². The molecule has 0 bridgehead atoms. The van der Waals surface area contributed by atoms with Crippen LogP contribution in [0.1, 0.15) is 38.4 Å². The molecule has 8 nitrogen and oxygen atoms in total. The number of carbonyl (C=O) groups is 3. The molecule has 0 spiro atoms. The van der Waals surface area contributed by atoms with Gasteiger partial charge in [-0.25, -0.2) is 9.78 Å². The first-order valence-electron chi connectivity index (χ1n) is 7.36. The van der Waals surface area contributed by atoms with Crippen LogP contribution in [0.3, 0.4) is 0 Å². The van der Waals surface area contributed by atoms with E-state index in [9.17, 15) is 14.4 Å². The van der Waals surface area contributed by atoms with E-state index in [1.807, 2.05) is 6.20 Å². The zero-order valence-corrected chi connectivity index (χ0v) is 12.8. The van der Waals surface area contributed by atoms with Crippen molar-refractivity contribution >= 4 is 17.8 Å². The Morgan fingerprint density at radius 1 is 1.45 bits per heavy atom. The Bertz CT molecular complexity index is 567. The van der Waals surface area contributed by atoms with Crippen LogP contribution in [0.25, 0.3) is 0 Å². The number of amides is 4. The van der Waals surface area contributed by atoms with Crippen molar-refractivity contribution in [3.05, 3.63) is 18.2 Å². The lowest BCUT2D eigenvalue weighted by Crippen LogP contribution is -2.36. The lowest BCUT2D eigenvalue weighted by molar-refractivity contribution is -0.126. The maximum atomic E-state index is 11.7. The van der Waals surface area contributed by atoms with E-state index in [0.29, 0.717) is 12.5 Å². The summed E-state index contributed by atoms with van der Waals surface area (Å²) in [7, 11) is 0. The molecule has 1 aromatic rings. The van der Waals surface area contributed by atoms with Gasteiger partial charge >= 0.3 is 6.03 Å². The average molecular weight is 307 g/mol. The maximum absolute atomic E-state index is 11.7. The minimum atomic E-state index is -0.770. The Balaban J connectivity index is 1.68. The van der Waals surface area contributed by atoms with Gasteiger partial charge in [0.1, 0.15) is 11.9 Å². The van der Waals surface area contributed by atoms with Gasteiger partial charge in [-0.3, -0.25) is 14.9 Å². The number of imidazole rings is 1. The zero-order valence-electron chi connectivity index (χ0n) is 12.8. The first-order chi connectivity index (χ1) is 10.5. The normalized spacial score (nSPS) is 17.5. The summed E-state index contributed by atoms with van der Waals surface area (Å²) in [6.07, 6.45) is 4.43. The molecule has 0 aliphatic carbocycles. The molecule has 1 aliphatic rings. The predicted octanol–water partition coefficient (Wildman–Crippen LogP) is 0.111. The van der Waals surface area contributed by atoms with Crippen molar-refractivity contribution in [3.8, 4) is 0 Å². The molecule has 22 heavy (non-hydrogen) atoms. The van der Waals surface area contributed by atoms with Gasteiger partial charge in [0.2, 0.25) is 5.91 Å². The largest absolute Gasteiger partial charge is 0.356 e. The van der Waals surface area contributed by atoms with Gasteiger partial charge in [-0.2, -0.15) is 0 Å². The minimum Gasteiger partial charge on any atom is -0.356 e. The fourth-order valence-electron chi connectivity index (χ4n) is 2.35. The molecule has 2 rings (SSSR count). The van der Waals surface area contributed by atoms with E-state index in [2.05, 4.69) is 39.3 Å². The summed E-state index contributed by atoms with van der Waals surface area (Å²) in [4.78, 5) is 38.3. The van der Waals surface area contributed by atoms with E-state index in [0.717, 1.165) is 18.8 Å². The molecule has 8 heteroatoms. The summed E-state index contributed by atoms with van der Waals surface area (Å²) in [5.74, 6) is 0.669. The Morgan fingerprint density at radius 2 is 2.23 bits per heavy atom. The van der Waals surface area contributed by atoms with E-state index < -0.39 is 18.0 Å². The van der Waals surface area contributed by atoms with Crippen LogP contribution in [-0.2, 0) is 16.1 Å². The molecule has 1 aromatic heterocycles. The van der Waals surface area contributed by atoms with Crippen molar-refractivity contribution in [1.82, 2.24) is 25.5 Å². The average Bonchev–Trinajstić information content (AvgIpc) is 3.02. The van der Waals surface area contributed by atoms with Crippen LogP contribution in [-0.4, -0.2) is 40.0 Å². The highest BCUT2D eigenvalue weighted by Gasteiger charge is 2.30. The molecule has 1 atom stereocenters. The van der Waals surface area contributed by atoms with Gasteiger partial charge in [-0.1, -0.05) is 13.8 Å². The van der Waals surface area contributed by atoms with Crippen molar-refractivity contribution in [2.24, 2.45) is 0 Å². The van der Waals surface area contributed by atoms with Crippen molar-refractivity contribution < 1.29 is 14.4 Å². The lowest BCUT2D eigenvalue weighted by atomic mass is 10.2. The highest BCUT2D eigenvalue weighted by molar-refractivity contribution is 6.05. The summed E-state index contributed by atoms with van der Waals surface area (Å²) in [6, 6.07) is -1.32. The number of carbonyl (C=O) groups excluding carboxylic acids is 3. The van der Waals surface area contributed by atoms with E-state index in [4.69, 9.17) is 0 Å². The molecular formula is C14H21N5O3. The smallest absolute Gasteiger partial charge is 0.322 e. The van der Waals surface area contributed by atoms with Crippen LogP contribution in [0.15, 0.2) is 12.4 Å². The number of nitrogens with zero attached hydrogens (tertiary/aromatic N) is 2. The minimum absolute atomic E-state index is 0.0418. The summed E-state index contributed by atoms with van der Waals surface area (Å²) in [5.41, 5.74) is 0. The highest BCUT2D eigenvalue weighted by atomic mass is 16.2. The summed E-state index contributed by atoms with van der Waals surface area (Å²) in [5, 5.41) is 7.24. The van der Waals surface area contributed by atoms with Crippen LogP contribution in [0, 0.1) is 0 Å². The summed E-state index contributed by atoms with van der Waals surface area (Å²) >= 11 is 0. The zero-order chi connectivity index (χ0) is 16.1. The number of nitrogens with one attached hydrogen (secondary N) is 3. The van der Waals surface area contributed by atoms with Crippen molar-refractivity contribution in [2.75, 3.05) is 6.54 Å². The van der Waals surface area contributed by atoms with Crippen molar-refractivity contribution in [2.45, 2.75) is 45.2 Å². The van der Waals surface area contributed by atoms with Crippen LogP contribution in [0.2, 0.25) is 0 Å². The fourth-order valence-corrected chi connectivity index (χ4v) is 2.35. The number of urea groups is 1. The van der Waals surface area contributed by atoms with Crippen LogP contribution >= 0.6 is 0 Å². The molecule has 0 saturated carbocycles. The predicted molar refractivity (Wildman–Crippen MR) is 79.0 cm³/mol. The van der Waals surface area contributed by atoms with Gasteiger partial charge in [0.25, 0.3) is 5.91 Å². The Hall–Kier alpha value is -2.38. The topological polar surface area (TPSA) is 105 Å². The number of aryl methyl sites for hydroxylation is 1. The van der Waals surface area contributed by atoms with E-state index in [-0.39, 0.29) is 12.3 Å². The van der Waals surface area contributed by atoms with E-state index in [1.165, 1.54) is 0 Å². The number of rotatable bonds is 7. The molecule has 0 radical (unpaired) electrons. The SMILES string of the molecule is CC(C)c1nccn1CCCNC(=O)C[C@H]1NC(=O)NC1=O. The van der Waals surface area contributed by atoms with Crippen LogP contribution < -0.4 is 16.0 Å². The lowest BCUT2D eigenvalue weighted by Gasteiger charge is -2.11. The summed E-state index contributed by atoms with van der Waals surface area (Å²) in [6.45, 7) is 5.45. The second-order valence-corrected chi connectivity index (χ2v) is 5.56. The van der Waals surface area contributed by atoms with E-state index >= 15 is 0 Å². The quantitative estimate of drug-likeness (QED) is 0.491. The van der Waals surface area contributed by atoms with E-state index in [1.54, 1.807) is 6.20 Å². The molecular weight excluding hydrogens is 286 g/mol. The highest BCUT2D eigenvalue weighted by Crippen LogP contribution is 2.11. The first-order valence-corrected chi connectivity index (χ1v) is 7.36. The third-order valence-electron chi connectivity index (χ3n) is 3.41. The summed E-state index contributed by atoms with van der Waals surface area (Å²) < 4.78 is 2.07. The molecule has 0 unspecified atom stereocenters. The van der Waals surface area contributed by atoms with Gasteiger partial charge in [0.05, 0.1) is 6.42 Å². The number of imide groups is 1. The molecule has 1 fully saturated rings. The van der Waals surface area contributed by atoms with Gasteiger partial charge in [0.15, 0.2) is 0 Å². The number of hydrogen-bond donors (Lipinski definition) is 3. The maximum Gasteiger partial charge on any atom is 0.322 e. The molecule has 1 saturated heterocycles. The van der Waals surface area contributed by atoms with Gasteiger partial charge in [-0.15, -0.1) is 0 Å². The fraction of sp³-hybridized carbons (Fsp3) is 0.571. The van der Waals surface area contributed by atoms with Crippen LogP contribution in [0.5, 0.6) is 0 Å². The molecule has 4 amide bonds. The van der Waals surface area contributed by atoms with Crippen LogP contribution in [0.4, 0.5) is 4.79 Å². The number of aromatic nitrogens is 2. The third-order valence-corrected chi connectivity index (χ3v) is 3.41.